The SMILES string of the molecule is C[C@@H]1CC[C@@H](COc2ccc(F)cn2)CN1C(=O)c1cc(Br)ccc1I. The molecule has 0 aliphatic carbocycles. The Morgan fingerprint density at radius 2 is 2.19 bits per heavy atom. The van der Waals surface area contributed by atoms with Gasteiger partial charge in [-0.15, -0.1) is 0 Å². The molecule has 1 amide bonds. The van der Waals surface area contributed by atoms with Gasteiger partial charge >= 0.3 is 0 Å². The van der Waals surface area contributed by atoms with Gasteiger partial charge < -0.3 is 9.64 Å². The number of aromatic nitrogens is 1. The largest absolute Gasteiger partial charge is 0.477 e. The van der Waals surface area contributed by atoms with Crippen LogP contribution in [0.2, 0.25) is 0 Å². The van der Waals surface area contributed by atoms with Gasteiger partial charge in [0.25, 0.3) is 5.91 Å². The van der Waals surface area contributed by atoms with Crippen molar-refractivity contribution in [2.24, 2.45) is 5.92 Å². The number of likely N-dealkylation sites (tertiary alicyclic amines) is 1. The van der Waals surface area contributed by atoms with Gasteiger partial charge in [-0.2, -0.15) is 0 Å². The monoisotopic (exact) mass is 532 g/mol. The molecule has 1 saturated heterocycles. The van der Waals surface area contributed by atoms with E-state index in [1.165, 1.54) is 12.1 Å². The molecule has 0 N–H and O–H groups in total. The third-order valence-corrected chi connectivity index (χ3v) is 6.00. The maximum Gasteiger partial charge on any atom is 0.255 e. The Balaban J connectivity index is 1.66. The van der Waals surface area contributed by atoms with Gasteiger partial charge in [-0.05, 0) is 66.6 Å². The van der Waals surface area contributed by atoms with Gasteiger partial charge in [0.15, 0.2) is 0 Å². The summed E-state index contributed by atoms with van der Waals surface area (Å²) in [5.41, 5.74) is 0.716. The number of pyridine rings is 1. The number of ether oxygens (including phenoxy) is 1. The van der Waals surface area contributed by atoms with Crippen LogP contribution >= 0.6 is 38.5 Å². The first kappa shape index (κ1) is 19.5. The number of carbonyl (C=O) groups excluding carboxylic acids is 1. The molecule has 0 radical (unpaired) electrons. The van der Waals surface area contributed by atoms with Crippen LogP contribution in [0.25, 0.3) is 0 Å². The second-order valence-corrected chi connectivity index (χ2v) is 8.58. The molecule has 26 heavy (non-hydrogen) atoms. The van der Waals surface area contributed by atoms with Crippen molar-refractivity contribution in [1.29, 1.82) is 0 Å². The van der Waals surface area contributed by atoms with Crippen LogP contribution in [0.5, 0.6) is 5.88 Å². The lowest BCUT2D eigenvalue weighted by Crippen LogP contribution is -2.47. The molecule has 1 fully saturated rings. The third-order valence-electron chi connectivity index (χ3n) is 4.57. The molecule has 0 unspecified atom stereocenters. The minimum atomic E-state index is -0.385. The molecule has 138 valence electrons. The summed E-state index contributed by atoms with van der Waals surface area (Å²) in [6.45, 7) is 3.19. The van der Waals surface area contributed by atoms with Gasteiger partial charge in [0.05, 0.1) is 18.4 Å². The maximum absolute atomic E-state index is 13.0. The van der Waals surface area contributed by atoms with Crippen molar-refractivity contribution in [2.45, 2.75) is 25.8 Å². The summed E-state index contributed by atoms with van der Waals surface area (Å²) in [6.07, 6.45) is 3.06. The van der Waals surface area contributed by atoms with Crippen LogP contribution in [0.4, 0.5) is 4.39 Å². The molecule has 7 heteroatoms. The van der Waals surface area contributed by atoms with Crippen LogP contribution in [0, 0.1) is 15.3 Å². The Hall–Kier alpha value is -1.22. The van der Waals surface area contributed by atoms with E-state index < -0.39 is 0 Å². The predicted molar refractivity (Wildman–Crippen MR) is 110 cm³/mol. The summed E-state index contributed by atoms with van der Waals surface area (Å²) in [5.74, 6) is 0.299. The molecule has 0 saturated carbocycles. The lowest BCUT2D eigenvalue weighted by molar-refractivity contribution is 0.0501. The summed E-state index contributed by atoms with van der Waals surface area (Å²) in [7, 11) is 0. The number of hydrogen-bond acceptors (Lipinski definition) is 3. The van der Waals surface area contributed by atoms with Crippen molar-refractivity contribution in [3.05, 3.63) is 56.0 Å². The highest BCUT2D eigenvalue weighted by molar-refractivity contribution is 14.1. The molecule has 1 aliphatic heterocycles. The van der Waals surface area contributed by atoms with E-state index in [4.69, 9.17) is 4.74 Å². The van der Waals surface area contributed by atoms with Crippen LogP contribution in [0.1, 0.15) is 30.1 Å². The summed E-state index contributed by atoms with van der Waals surface area (Å²) >= 11 is 5.64. The topological polar surface area (TPSA) is 42.4 Å². The van der Waals surface area contributed by atoms with E-state index in [-0.39, 0.29) is 23.7 Å². The summed E-state index contributed by atoms with van der Waals surface area (Å²) < 4.78 is 20.4. The van der Waals surface area contributed by atoms with Crippen LogP contribution in [-0.4, -0.2) is 35.0 Å². The van der Waals surface area contributed by atoms with E-state index in [2.05, 4.69) is 50.4 Å². The highest BCUT2D eigenvalue weighted by atomic mass is 127. The van der Waals surface area contributed by atoms with E-state index >= 15 is 0 Å². The molecule has 1 aliphatic rings. The fraction of sp³-hybridized carbons (Fsp3) is 0.368. The minimum Gasteiger partial charge on any atom is -0.477 e. The zero-order valence-corrected chi connectivity index (χ0v) is 18.0. The van der Waals surface area contributed by atoms with Crippen molar-refractivity contribution in [2.75, 3.05) is 13.2 Å². The van der Waals surface area contributed by atoms with Crippen molar-refractivity contribution < 1.29 is 13.9 Å². The van der Waals surface area contributed by atoms with Gasteiger partial charge in [0, 0.05) is 32.6 Å². The van der Waals surface area contributed by atoms with E-state index in [0.29, 0.717) is 24.6 Å². The molecule has 0 bridgehead atoms. The highest BCUT2D eigenvalue weighted by Gasteiger charge is 2.30. The second-order valence-electron chi connectivity index (χ2n) is 6.50. The van der Waals surface area contributed by atoms with Crippen molar-refractivity contribution in [3.63, 3.8) is 0 Å². The molecule has 2 aromatic rings. The van der Waals surface area contributed by atoms with Crippen molar-refractivity contribution in [3.8, 4) is 5.88 Å². The standard InChI is InChI=1S/C19H19BrFIN2O2/c1-12-2-3-13(11-26-18-7-5-15(21)9-23-18)10-24(12)19(25)16-8-14(20)4-6-17(16)22/h4-9,12-13H,2-3,10-11H2,1H3/t12-,13-/m1/s1. The fourth-order valence-electron chi connectivity index (χ4n) is 3.07. The van der Waals surface area contributed by atoms with E-state index in [9.17, 15) is 9.18 Å². The third kappa shape index (κ3) is 4.73. The first-order valence-electron chi connectivity index (χ1n) is 8.44. The van der Waals surface area contributed by atoms with Gasteiger partial charge in [-0.1, -0.05) is 15.9 Å². The molecule has 1 aromatic heterocycles. The second kappa shape index (κ2) is 8.65. The first-order chi connectivity index (χ1) is 12.4. The Morgan fingerprint density at radius 3 is 2.92 bits per heavy atom. The molecule has 2 heterocycles. The summed E-state index contributed by atoms with van der Waals surface area (Å²) in [4.78, 5) is 18.9. The predicted octanol–water partition coefficient (Wildman–Crippen LogP) is 4.91. The fourth-order valence-corrected chi connectivity index (χ4v) is 4.00. The normalized spacial score (nSPS) is 20.1. The number of carbonyl (C=O) groups is 1. The Labute approximate surface area is 174 Å². The molecule has 4 nitrogen and oxygen atoms in total. The Morgan fingerprint density at radius 1 is 1.38 bits per heavy atom. The zero-order valence-electron chi connectivity index (χ0n) is 14.3. The van der Waals surface area contributed by atoms with Crippen molar-refractivity contribution >= 4 is 44.4 Å². The Kier molecular flexibility index (Phi) is 6.50. The first-order valence-corrected chi connectivity index (χ1v) is 10.3. The number of rotatable bonds is 4. The maximum atomic E-state index is 13.0. The van der Waals surface area contributed by atoms with E-state index in [1.54, 1.807) is 0 Å². The number of piperidine rings is 1. The number of nitrogens with zero attached hydrogens (tertiary/aromatic N) is 2. The van der Waals surface area contributed by atoms with E-state index in [1.807, 2.05) is 23.1 Å². The number of halogens is 3. The average Bonchev–Trinajstić information content (AvgIpc) is 2.64. The smallest absolute Gasteiger partial charge is 0.255 e. The van der Waals surface area contributed by atoms with Crippen LogP contribution in [0.15, 0.2) is 41.0 Å². The summed E-state index contributed by atoms with van der Waals surface area (Å²) in [5, 5.41) is 0. The zero-order chi connectivity index (χ0) is 18.7. The van der Waals surface area contributed by atoms with E-state index in [0.717, 1.165) is 27.1 Å². The lowest BCUT2D eigenvalue weighted by atomic mass is 9.93. The van der Waals surface area contributed by atoms with Gasteiger partial charge in [0.2, 0.25) is 5.88 Å². The van der Waals surface area contributed by atoms with Crippen LogP contribution in [-0.2, 0) is 0 Å². The molecule has 1 aromatic carbocycles. The molecular weight excluding hydrogens is 514 g/mol. The number of amides is 1. The lowest BCUT2D eigenvalue weighted by Gasteiger charge is -2.38. The average molecular weight is 533 g/mol. The molecule has 2 atom stereocenters. The molecular formula is C19H19BrFIN2O2. The molecule has 0 spiro atoms. The quantitative estimate of drug-likeness (QED) is 0.526. The Bertz CT molecular complexity index is 788. The number of hydrogen-bond donors (Lipinski definition) is 0. The molecule has 3 rings (SSSR count). The van der Waals surface area contributed by atoms with Gasteiger partial charge in [-0.3, -0.25) is 4.79 Å². The van der Waals surface area contributed by atoms with Crippen LogP contribution in [0.3, 0.4) is 0 Å². The highest BCUT2D eigenvalue weighted by Crippen LogP contribution is 2.27. The minimum absolute atomic E-state index is 0.0489. The van der Waals surface area contributed by atoms with Crippen molar-refractivity contribution in [1.82, 2.24) is 9.88 Å². The van der Waals surface area contributed by atoms with Gasteiger partial charge in [-0.25, -0.2) is 9.37 Å². The summed E-state index contributed by atoms with van der Waals surface area (Å²) in [6, 6.07) is 8.79. The van der Waals surface area contributed by atoms with Crippen LogP contribution < -0.4 is 4.74 Å². The number of benzene rings is 1. The van der Waals surface area contributed by atoms with Gasteiger partial charge in [0.1, 0.15) is 5.82 Å².